The molecule has 0 aromatic heterocycles. The second-order valence-electron chi connectivity index (χ2n) is 4.09. The van der Waals surface area contributed by atoms with Crippen molar-refractivity contribution in [3.63, 3.8) is 0 Å². The Morgan fingerprint density at radius 1 is 1.33 bits per heavy atom. The van der Waals surface area contributed by atoms with Crippen molar-refractivity contribution in [2.45, 2.75) is 25.8 Å². The van der Waals surface area contributed by atoms with Gasteiger partial charge in [-0.15, -0.1) is 0 Å². The number of benzene rings is 1. The van der Waals surface area contributed by atoms with Crippen LogP contribution in [-0.4, -0.2) is 26.7 Å². The van der Waals surface area contributed by atoms with E-state index < -0.39 is 13.0 Å². The molecule has 18 heavy (non-hydrogen) atoms. The van der Waals surface area contributed by atoms with E-state index >= 15 is 0 Å². The molecule has 0 spiro atoms. The summed E-state index contributed by atoms with van der Waals surface area (Å²) in [5.74, 6) is 0.805. The molecule has 1 aromatic rings. The lowest BCUT2D eigenvalue weighted by atomic mass is 10.0. The average molecular weight is 259 g/mol. The van der Waals surface area contributed by atoms with Crippen LogP contribution in [0.4, 0.5) is 8.78 Å². The van der Waals surface area contributed by atoms with E-state index in [4.69, 9.17) is 15.2 Å². The third kappa shape index (κ3) is 4.58. The lowest BCUT2D eigenvalue weighted by Crippen LogP contribution is -2.15. The number of ether oxygens (including phenoxy) is 2. The molecule has 102 valence electrons. The Hall–Kier alpha value is -1.20. The van der Waals surface area contributed by atoms with Crippen LogP contribution in [0.15, 0.2) is 18.2 Å². The first-order valence-corrected chi connectivity index (χ1v) is 5.80. The van der Waals surface area contributed by atoms with Crippen molar-refractivity contribution in [2.24, 2.45) is 5.73 Å². The first kappa shape index (κ1) is 14.9. The van der Waals surface area contributed by atoms with Gasteiger partial charge in [0.15, 0.2) is 0 Å². The number of hydrogen-bond acceptors (Lipinski definition) is 3. The van der Waals surface area contributed by atoms with Gasteiger partial charge in [0.05, 0.1) is 7.11 Å². The van der Waals surface area contributed by atoms with Crippen LogP contribution in [0.3, 0.4) is 0 Å². The molecule has 1 unspecified atom stereocenters. The zero-order valence-electron chi connectivity index (χ0n) is 10.7. The highest BCUT2D eigenvalue weighted by molar-refractivity contribution is 5.37. The van der Waals surface area contributed by atoms with Gasteiger partial charge in [-0.05, 0) is 30.5 Å². The van der Waals surface area contributed by atoms with Crippen molar-refractivity contribution >= 4 is 0 Å². The van der Waals surface area contributed by atoms with E-state index in [0.29, 0.717) is 6.42 Å². The van der Waals surface area contributed by atoms with E-state index in [1.54, 1.807) is 7.11 Å². The predicted octanol–water partition coefficient (Wildman–Crippen LogP) is 2.68. The third-order valence-corrected chi connectivity index (χ3v) is 2.66. The smallest absolute Gasteiger partial charge is 0.261 e. The molecular formula is C13H19F2NO2. The highest BCUT2D eigenvalue weighted by Crippen LogP contribution is 2.22. The normalized spacial score (nSPS) is 12.8. The minimum absolute atomic E-state index is 0.215. The largest absolute Gasteiger partial charge is 0.496 e. The second kappa shape index (κ2) is 7.28. The first-order chi connectivity index (χ1) is 8.54. The molecule has 0 saturated carbocycles. The van der Waals surface area contributed by atoms with Gasteiger partial charge < -0.3 is 15.2 Å². The molecule has 0 fully saturated rings. The van der Waals surface area contributed by atoms with E-state index in [2.05, 4.69) is 0 Å². The van der Waals surface area contributed by atoms with Gasteiger partial charge in [-0.3, -0.25) is 0 Å². The van der Waals surface area contributed by atoms with Crippen molar-refractivity contribution < 1.29 is 18.3 Å². The van der Waals surface area contributed by atoms with Gasteiger partial charge in [0.1, 0.15) is 12.4 Å². The summed E-state index contributed by atoms with van der Waals surface area (Å²) in [5.41, 5.74) is 7.92. The fourth-order valence-electron chi connectivity index (χ4n) is 1.68. The summed E-state index contributed by atoms with van der Waals surface area (Å²) in [7, 11) is 1.61. The highest BCUT2D eigenvalue weighted by Gasteiger charge is 2.09. The monoisotopic (exact) mass is 259 g/mol. The molecule has 5 heteroatoms. The molecule has 1 rings (SSSR count). The molecule has 1 atom stereocenters. The minimum Gasteiger partial charge on any atom is -0.496 e. The van der Waals surface area contributed by atoms with Gasteiger partial charge in [-0.1, -0.05) is 12.1 Å². The van der Waals surface area contributed by atoms with Crippen molar-refractivity contribution in [3.8, 4) is 5.75 Å². The molecule has 0 amide bonds. The zero-order chi connectivity index (χ0) is 13.5. The molecular weight excluding hydrogens is 240 g/mol. The summed E-state index contributed by atoms with van der Waals surface area (Å²) in [5, 5.41) is 0. The van der Waals surface area contributed by atoms with Crippen LogP contribution in [0, 0.1) is 6.92 Å². The van der Waals surface area contributed by atoms with Gasteiger partial charge in [-0.2, -0.15) is 0 Å². The number of rotatable bonds is 7. The number of methoxy groups -OCH3 is 1. The summed E-state index contributed by atoms with van der Waals surface area (Å²) in [6.45, 7) is 1.63. The van der Waals surface area contributed by atoms with E-state index in [1.165, 1.54) is 0 Å². The van der Waals surface area contributed by atoms with Crippen molar-refractivity contribution in [2.75, 3.05) is 20.3 Å². The number of halogens is 2. The molecule has 0 heterocycles. The summed E-state index contributed by atoms with van der Waals surface area (Å²) in [4.78, 5) is 0. The molecule has 0 saturated heterocycles. The summed E-state index contributed by atoms with van der Waals surface area (Å²) in [6, 6.07) is 5.46. The topological polar surface area (TPSA) is 44.5 Å². The molecule has 0 aliphatic rings. The summed E-state index contributed by atoms with van der Waals surface area (Å²) in [6.07, 6.45) is -1.91. The maximum absolute atomic E-state index is 11.8. The SMILES string of the molecule is COc1ccc(C(N)CCOCC(F)F)cc1C. The van der Waals surface area contributed by atoms with Crippen LogP contribution in [0.25, 0.3) is 0 Å². The average Bonchev–Trinajstić information content (AvgIpc) is 2.34. The molecule has 0 aliphatic carbocycles. The minimum atomic E-state index is -2.43. The number of hydrogen-bond donors (Lipinski definition) is 1. The summed E-state index contributed by atoms with van der Waals surface area (Å²) >= 11 is 0. The van der Waals surface area contributed by atoms with E-state index in [-0.39, 0.29) is 12.6 Å². The van der Waals surface area contributed by atoms with Crippen LogP contribution in [0.5, 0.6) is 5.75 Å². The Balaban J connectivity index is 2.46. The lowest BCUT2D eigenvalue weighted by molar-refractivity contribution is 0.0152. The molecule has 0 radical (unpaired) electrons. The van der Waals surface area contributed by atoms with E-state index in [9.17, 15) is 8.78 Å². The fraction of sp³-hybridized carbons (Fsp3) is 0.538. The number of aryl methyl sites for hydroxylation is 1. The molecule has 0 aliphatic heterocycles. The van der Waals surface area contributed by atoms with Gasteiger partial charge in [-0.25, -0.2) is 8.78 Å². The number of alkyl halides is 2. The Kier molecular flexibility index (Phi) is 6.01. The van der Waals surface area contributed by atoms with Crippen LogP contribution < -0.4 is 10.5 Å². The van der Waals surface area contributed by atoms with Gasteiger partial charge in [0.25, 0.3) is 6.43 Å². The van der Waals surface area contributed by atoms with Crippen LogP contribution in [0.2, 0.25) is 0 Å². The van der Waals surface area contributed by atoms with Crippen molar-refractivity contribution in [3.05, 3.63) is 29.3 Å². The van der Waals surface area contributed by atoms with Gasteiger partial charge in [0, 0.05) is 12.6 Å². The third-order valence-electron chi connectivity index (χ3n) is 2.66. The maximum Gasteiger partial charge on any atom is 0.261 e. The van der Waals surface area contributed by atoms with Crippen LogP contribution >= 0.6 is 0 Å². The Labute approximate surface area is 106 Å². The van der Waals surface area contributed by atoms with Crippen LogP contribution in [0.1, 0.15) is 23.6 Å². The van der Waals surface area contributed by atoms with Gasteiger partial charge >= 0.3 is 0 Å². The maximum atomic E-state index is 11.8. The zero-order valence-corrected chi connectivity index (χ0v) is 10.7. The Morgan fingerprint density at radius 2 is 2.06 bits per heavy atom. The lowest BCUT2D eigenvalue weighted by Gasteiger charge is -2.14. The van der Waals surface area contributed by atoms with Crippen molar-refractivity contribution in [1.82, 2.24) is 0 Å². The van der Waals surface area contributed by atoms with E-state index in [1.807, 2.05) is 25.1 Å². The predicted molar refractivity (Wildman–Crippen MR) is 66.1 cm³/mol. The van der Waals surface area contributed by atoms with Crippen molar-refractivity contribution in [1.29, 1.82) is 0 Å². The highest BCUT2D eigenvalue weighted by atomic mass is 19.3. The quantitative estimate of drug-likeness (QED) is 0.766. The van der Waals surface area contributed by atoms with Gasteiger partial charge in [0.2, 0.25) is 0 Å². The van der Waals surface area contributed by atoms with Crippen LogP contribution in [-0.2, 0) is 4.74 Å². The molecule has 0 bridgehead atoms. The Bertz CT molecular complexity index is 372. The fourth-order valence-corrected chi connectivity index (χ4v) is 1.68. The summed E-state index contributed by atoms with van der Waals surface area (Å²) < 4.78 is 33.7. The van der Waals surface area contributed by atoms with E-state index in [0.717, 1.165) is 16.9 Å². The first-order valence-electron chi connectivity index (χ1n) is 5.80. The number of nitrogens with two attached hydrogens (primary N) is 1. The standard InChI is InChI=1S/C13H19F2NO2/c1-9-7-10(3-4-12(9)17-2)11(16)5-6-18-8-13(14)15/h3-4,7,11,13H,5-6,8,16H2,1-2H3. The molecule has 1 aromatic carbocycles. The molecule has 2 N–H and O–H groups in total. The second-order valence-corrected chi connectivity index (χ2v) is 4.09. The Morgan fingerprint density at radius 3 is 2.61 bits per heavy atom. The molecule has 3 nitrogen and oxygen atoms in total.